The number of carbonyl (C=O) groups excluding carboxylic acids is 1. The first kappa shape index (κ1) is 17.5. The van der Waals surface area contributed by atoms with E-state index in [9.17, 15) is 9.90 Å². The van der Waals surface area contributed by atoms with Crippen LogP contribution in [0.4, 0.5) is 0 Å². The molecule has 4 nitrogen and oxygen atoms in total. The number of aliphatic hydroxyl groups is 1. The van der Waals surface area contributed by atoms with Gasteiger partial charge in [0.2, 0.25) is 5.00 Å². The first-order valence-corrected chi connectivity index (χ1v) is 7.67. The predicted octanol–water partition coefficient (Wildman–Crippen LogP) is 2.44. The minimum Gasteiger partial charge on any atom is -0.467 e. The number of hydrogen-bond donors (Lipinski definition) is 2. The highest BCUT2D eigenvalue weighted by molar-refractivity contribution is 6.34. The molecule has 0 saturated heterocycles. The fraction of sp³-hybridized carbons (Fsp3) is 0.278. The molecule has 0 radical (unpaired) electrons. The van der Waals surface area contributed by atoms with Crippen molar-refractivity contribution in [2.24, 2.45) is 5.73 Å². The zero-order valence-corrected chi connectivity index (χ0v) is 13.6. The van der Waals surface area contributed by atoms with Crippen molar-refractivity contribution in [1.29, 1.82) is 0 Å². The second-order valence-electron chi connectivity index (χ2n) is 5.41. The summed E-state index contributed by atoms with van der Waals surface area (Å²) in [6.07, 6.45) is -0.812. The van der Waals surface area contributed by atoms with Crippen LogP contribution < -0.4 is 5.73 Å². The van der Waals surface area contributed by atoms with Crippen LogP contribution in [0.25, 0.3) is 0 Å². The average Bonchev–Trinajstić information content (AvgIpc) is 2.59. The van der Waals surface area contributed by atoms with Gasteiger partial charge in [-0.05, 0) is 17.5 Å². The van der Waals surface area contributed by atoms with Crippen LogP contribution in [-0.2, 0) is 16.0 Å². The van der Waals surface area contributed by atoms with E-state index in [1.165, 1.54) is 7.11 Å². The average molecular weight is 334 g/mol. The minimum absolute atomic E-state index is 0.444. The predicted molar refractivity (Wildman–Crippen MR) is 90.1 cm³/mol. The Bertz CT molecular complexity index is 631. The van der Waals surface area contributed by atoms with E-state index in [2.05, 4.69) is 4.74 Å². The molecule has 0 saturated carbocycles. The van der Waals surface area contributed by atoms with Crippen molar-refractivity contribution in [3.8, 4) is 0 Å². The Kier molecular flexibility index (Phi) is 5.77. The van der Waals surface area contributed by atoms with Gasteiger partial charge in [-0.25, -0.2) is 4.79 Å². The van der Waals surface area contributed by atoms with Crippen LogP contribution in [0.1, 0.15) is 17.0 Å². The van der Waals surface area contributed by atoms with Crippen LogP contribution in [0.3, 0.4) is 0 Å². The molecule has 0 heterocycles. The first-order chi connectivity index (χ1) is 11.0. The van der Waals surface area contributed by atoms with E-state index in [1.807, 2.05) is 60.7 Å². The van der Waals surface area contributed by atoms with Crippen molar-refractivity contribution < 1.29 is 14.6 Å². The lowest BCUT2D eigenvalue weighted by Crippen LogP contribution is -2.55. The number of esters is 1. The second-order valence-corrected chi connectivity index (χ2v) is 6.04. The summed E-state index contributed by atoms with van der Waals surface area (Å²) in [5.74, 6) is -1.30. The highest BCUT2D eigenvalue weighted by Gasteiger charge is 2.45. The largest absolute Gasteiger partial charge is 0.467 e. The van der Waals surface area contributed by atoms with Crippen LogP contribution in [0.5, 0.6) is 0 Å². The smallest absolute Gasteiger partial charge is 0.344 e. The van der Waals surface area contributed by atoms with Crippen molar-refractivity contribution in [2.75, 3.05) is 7.11 Å². The van der Waals surface area contributed by atoms with Gasteiger partial charge >= 0.3 is 5.97 Å². The fourth-order valence-corrected chi connectivity index (χ4v) is 2.78. The molecule has 0 aliphatic heterocycles. The summed E-state index contributed by atoms with van der Waals surface area (Å²) in [4.78, 5) is 9.81. The van der Waals surface area contributed by atoms with Crippen LogP contribution in [0, 0.1) is 0 Å². The Labute approximate surface area is 140 Å². The molecule has 5 heteroatoms. The van der Waals surface area contributed by atoms with E-state index >= 15 is 0 Å². The second kappa shape index (κ2) is 7.59. The summed E-state index contributed by atoms with van der Waals surface area (Å²) < 4.78 is 4.62. The number of rotatable bonds is 6. The van der Waals surface area contributed by atoms with Gasteiger partial charge in [-0.15, -0.1) is 0 Å². The van der Waals surface area contributed by atoms with E-state index < -0.39 is 23.0 Å². The van der Waals surface area contributed by atoms with E-state index in [0.717, 1.165) is 11.1 Å². The zero-order chi connectivity index (χ0) is 16.9. The third-order valence-electron chi connectivity index (χ3n) is 3.84. The molecule has 0 bridgehead atoms. The van der Waals surface area contributed by atoms with Crippen molar-refractivity contribution in [1.82, 2.24) is 0 Å². The summed E-state index contributed by atoms with van der Waals surface area (Å²) in [7, 11) is 1.19. The maximum absolute atomic E-state index is 11.8. The monoisotopic (exact) mass is 333 g/mol. The molecule has 2 aromatic rings. The SMILES string of the molecule is COC(=O)C(N)(Cl)C(O)C(Cc1ccccc1)c1ccccc1. The number of ether oxygens (including phenoxy) is 1. The molecule has 0 amide bonds. The summed E-state index contributed by atoms with van der Waals surface area (Å²) >= 11 is 6.10. The summed E-state index contributed by atoms with van der Waals surface area (Å²) in [6, 6.07) is 19.0. The van der Waals surface area contributed by atoms with Crippen molar-refractivity contribution in [2.45, 2.75) is 23.4 Å². The van der Waals surface area contributed by atoms with Gasteiger partial charge in [-0.3, -0.25) is 0 Å². The summed E-state index contributed by atoms with van der Waals surface area (Å²) in [6.45, 7) is 0. The van der Waals surface area contributed by atoms with Gasteiger partial charge in [0.15, 0.2) is 0 Å². The highest BCUT2D eigenvalue weighted by Crippen LogP contribution is 2.32. The fourth-order valence-electron chi connectivity index (χ4n) is 2.55. The standard InChI is InChI=1S/C18H20ClNO3/c1-23-17(22)18(19,20)16(21)15(14-10-6-3-7-11-14)12-13-8-4-2-5-9-13/h2-11,15-16,21H,12,20H2,1H3. The van der Waals surface area contributed by atoms with Crippen LogP contribution >= 0.6 is 11.6 Å². The molecule has 0 fully saturated rings. The van der Waals surface area contributed by atoms with Crippen LogP contribution in [0.2, 0.25) is 0 Å². The zero-order valence-electron chi connectivity index (χ0n) is 12.9. The molecule has 122 valence electrons. The van der Waals surface area contributed by atoms with E-state index in [0.29, 0.717) is 6.42 Å². The number of methoxy groups -OCH3 is 1. The molecular weight excluding hydrogens is 314 g/mol. The summed E-state index contributed by atoms with van der Waals surface area (Å²) in [5.41, 5.74) is 7.71. The Morgan fingerprint density at radius 3 is 2.22 bits per heavy atom. The van der Waals surface area contributed by atoms with Gasteiger partial charge in [0, 0.05) is 5.92 Å². The van der Waals surface area contributed by atoms with E-state index in [4.69, 9.17) is 17.3 Å². The maximum atomic E-state index is 11.8. The topological polar surface area (TPSA) is 72.5 Å². The van der Waals surface area contributed by atoms with Gasteiger partial charge in [0.1, 0.15) is 6.10 Å². The number of alkyl halides is 1. The van der Waals surface area contributed by atoms with Crippen LogP contribution in [-0.4, -0.2) is 29.3 Å². The third-order valence-corrected chi connectivity index (χ3v) is 4.21. The molecule has 2 rings (SSSR count). The number of nitrogens with two attached hydrogens (primary N) is 1. The van der Waals surface area contributed by atoms with Crippen molar-refractivity contribution in [3.63, 3.8) is 0 Å². The highest BCUT2D eigenvalue weighted by atomic mass is 35.5. The molecule has 0 aromatic heterocycles. The molecule has 23 heavy (non-hydrogen) atoms. The number of benzene rings is 2. The lowest BCUT2D eigenvalue weighted by atomic mass is 9.84. The number of hydrogen-bond acceptors (Lipinski definition) is 4. The van der Waals surface area contributed by atoms with Gasteiger partial charge in [0.05, 0.1) is 7.11 Å². The molecule has 3 atom stereocenters. The van der Waals surface area contributed by atoms with Crippen LogP contribution in [0.15, 0.2) is 60.7 Å². The third kappa shape index (κ3) is 4.10. The van der Waals surface area contributed by atoms with Gasteiger partial charge in [-0.1, -0.05) is 72.3 Å². The first-order valence-electron chi connectivity index (χ1n) is 7.30. The van der Waals surface area contributed by atoms with E-state index in [1.54, 1.807) is 0 Å². The lowest BCUT2D eigenvalue weighted by Gasteiger charge is -2.32. The number of aliphatic hydroxyl groups excluding tert-OH is 1. The Morgan fingerprint density at radius 2 is 1.70 bits per heavy atom. The molecule has 3 unspecified atom stereocenters. The number of carbonyl (C=O) groups is 1. The van der Waals surface area contributed by atoms with Gasteiger partial charge < -0.3 is 15.6 Å². The molecule has 3 N–H and O–H groups in total. The molecule has 0 aliphatic rings. The molecular formula is C18H20ClNO3. The lowest BCUT2D eigenvalue weighted by molar-refractivity contribution is -0.147. The van der Waals surface area contributed by atoms with Crippen molar-refractivity contribution >= 4 is 17.6 Å². The Morgan fingerprint density at radius 1 is 1.17 bits per heavy atom. The minimum atomic E-state index is -2.01. The van der Waals surface area contributed by atoms with E-state index in [-0.39, 0.29) is 0 Å². The molecule has 0 aliphatic carbocycles. The number of halogens is 1. The Balaban J connectivity index is 2.35. The Hall–Kier alpha value is -1.88. The summed E-state index contributed by atoms with van der Waals surface area (Å²) in [5, 5.41) is 10.7. The molecule has 0 spiro atoms. The normalized spacial score (nSPS) is 16.2. The molecule has 2 aromatic carbocycles. The maximum Gasteiger partial charge on any atom is 0.344 e. The van der Waals surface area contributed by atoms with Crippen molar-refractivity contribution in [3.05, 3.63) is 71.8 Å². The van der Waals surface area contributed by atoms with Gasteiger partial charge in [-0.2, -0.15) is 0 Å². The quantitative estimate of drug-likeness (QED) is 0.484. The van der Waals surface area contributed by atoms with Gasteiger partial charge in [0.25, 0.3) is 0 Å².